The van der Waals surface area contributed by atoms with Crippen LogP contribution in [0, 0.1) is 0 Å². The van der Waals surface area contributed by atoms with Crippen LogP contribution in [-0.2, 0) is 4.79 Å². The van der Waals surface area contributed by atoms with Crippen LogP contribution in [-0.4, -0.2) is 18.5 Å². The monoisotopic (exact) mass is 314 g/mol. The molecule has 0 unspecified atom stereocenters. The first-order chi connectivity index (χ1) is 9.66. The fraction of sp³-hybridized carbons (Fsp3) is 0.533. The molecule has 0 saturated heterocycles. The third-order valence-electron chi connectivity index (χ3n) is 3.61. The Morgan fingerprint density at radius 2 is 1.85 bits per heavy atom. The van der Waals surface area contributed by atoms with Crippen LogP contribution in [0.15, 0.2) is 18.2 Å². The van der Waals surface area contributed by atoms with Gasteiger partial charge in [0.1, 0.15) is 0 Å². The molecular formula is C15H20Cl2N2O. The third kappa shape index (κ3) is 4.57. The number of rotatable bonds is 4. The number of nitrogens with one attached hydrogen (secondary N) is 2. The molecule has 0 radical (unpaired) electrons. The van der Waals surface area contributed by atoms with E-state index in [0.29, 0.717) is 21.8 Å². The summed E-state index contributed by atoms with van der Waals surface area (Å²) in [7, 11) is 0. The Balaban J connectivity index is 1.81. The average Bonchev–Trinajstić information content (AvgIpc) is 2.69. The van der Waals surface area contributed by atoms with Gasteiger partial charge in [0, 0.05) is 6.04 Å². The van der Waals surface area contributed by atoms with Crippen LogP contribution in [0.5, 0.6) is 0 Å². The van der Waals surface area contributed by atoms with Gasteiger partial charge < -0.3 is 10.6 Å². The molecule has 0 aromatic heterocycles. The predicted octanol–water partition coefficient (Wildman–Crippen LogP) is 4.24. The Kier molecular flexibility index (Phi) is 5.99. The van der Waals surface area contributed by atoms with E-state index >= 15 is 0 Å². The zero-order valence-electron chi connectivity index (χ0n) is 11.4. The van der Waals surface area contributed by atoms with Crippen molar-refractivity contribution in [3.63, 3.8) is 0 Å². The van der Waals surface area contributed by atoms with E-state index in [1.165, 1.54) is 25.7 Å². The van der Waals surface area contributed by atoms with Crippen LogP contribution >= 0.6 is 23.2 Å². The molecule has 1 aromatic carbocycles. The maximum atomic E-state index is 11.9. The van der Waals surface area contributed by atoms with Gasteiger partial charge in [0.15, 0.2) is 0 Å². The minimum absolute atomic E-state index is 0.00735. The first kappa shape index (κ1) is 15.5. The molecule has 1 amide bonds. The second kappa shape index (κ2) is 7.75. The number of anilines is 1. The Bertz CT molecular complexity index is 457. The molecule has 1 fully saturated rings. The highest BCUT2D eigenvalue weighted by Gasteiger charge is 2.14. The Hall–Kier alpha value is -0.930. The van der Waals surface area contributed by atoms with Crippen molar-refractivity contribution >= 4 is 34.8 Å². The maximum absolute atomic E-state index is 11.9. The fourth-order valence-electron chi connectivity index (χ4n) is 2.52. The van der Waals surface area contributed by atoms with Gasteiger partial charge in [-0.3, -0.25) is 4.79 Å². The summed E-state index contributed by atoms with van der Waals surface area (Å²) < 4.78 is 0. The predicted molar refractivity (Wildman–Crippen MR) is 84.6 cm³/mol. The summed E-state index contributed by atoms with van der Waals surface area (Å²) in [6.45, 7) is 0.219. The van der Waals surface area contributed by atoms with Crippen LogP contribution < -0.4 is 10.6 Å². The van der Waals surface area contributed by atoms with Crippen molar-refractivity contribution in [1.29, 1.82) is 0 Å². The van der Waals surface area contributed by atoms with Crippen LogP contribution in [0.3, 0.4) is 0 Å². The van der Waals surface area contributed by atoms with E-state index in [0.717, 1.165) is 12.8 Å². The molecule has 0 atom stereocenters. The van der Waals surface area contributed by atoms with Gasteiger partial charge in [0.25, 0.3) is 0 Å². The largest absolute Gasteiger partial charge is 0.375 e. The van der Waals surface area contributed by atoms with Crippen LogP contribution in [0.1, 0.15) is 38.5 Å². The number of hydrogen-bond acceptors (Lipinski definition) is 2. The maximum Gasteiger partial charge on any atom is 0.239 e. The third-order valence-corrected chi connectivity index (χ3v) is 4.43. The number of hydrogen-bond donors (Lipinski definition) is 2. The summed E-state index contributed by atoms with van der Waals surface area (Å²) in [4.78, 5) is 11.9. The fourth-order valence-corrected chi connectivity index (χ4v) is 2.89. The number of carbonyl (C=O) groups is 1. The molecule has 1 saturated carbocycles. The van der Waals surface area contributed by atoms with E-state index in [1.54, 1.807) is 12.1 Å². The van der Waals surface area contributed by atoms with Crippen LogP contribution in [0.25, 0.3) is 0 Å². The van der Waals surface area contributed by atoms with Crippen LogP contribution in [0.2, 0.25) is 10.0 Å². The summed E-state index contributed by atoms with van der Waals surface area (Å²) in [6.07, 6.45) is 7.15. The molecule has 20 heavy (non-hydrogen) atoms. The van der Waals surface area contributed by atoms with E-state index in [1.807, 2.05) is 6.07 Å². The molecule has 110 valence electrons. The molecule has 1 aliphatic carbocycles. The summed E-state index contributed by atoms with van der Waals surface area (Å²) in [5.41, 5.74) is 0.690. The quantitative estimate of drug-likeness (QED) is 0.816. The van der Waals surface area contributed by atoms with Gasteiger partial charge in [0.2, 0.25) is 5.91 Å². The highest BCUT2D eigenvalue weighted by molar-refractivity contribution is 6.43. The number of amides is 1. The van der Waals surface area contributed by atoms with Gasteiger partial charge in [-0.05, 0) is 25.0 Å². The SMILES string of the molecule is O=C(CNc1cccc(Cl)c1Cl)NC1CCCCCC1. The number of halogens is 2. The van der Waals surface area contributed by atoms with Crippen molar-refractivity contribution < 1.29 is 4.79 Å². The molecule has 5 heteroatoms. The molecule has 0 heterocycles. The van der Waals surface area contributed by atoms with Crippen molar-refractivity contribution in [1.82, 2.24) is 5.32 Å². The van der Waals surface area contributed by atoms with Gasteiger partial charge in [-0.15, -0.1) is 0 Å². The van der Waals surface area contributed by atoms with Crippen LogP contribution in [0.4, 0.5) is 5.69 Å². The standard InChI is InChI=1S/C15H20Cl2N2O/c16-12-8-5-9-13(15(12)17)18-10-14(20)19-11-6-3-1-2-4-7-11/h5,8-9,11,18H,1-4,6-7,10H2,(H,19,20). The lowest BCUT2D eigenvalue weighted by Gasteiger charge is -2.17. The van der Waals surface area contributed by atoms with Gasteiger partial charge in [-0.2, -0.15) is 0 Å². The van der Waals surface area contributed by atoms with Crippen molar-refractivity contribution in [2.45, 2.75) is 44.6 Å². The van der Waals surface area contributed by atoms with E-state index < -0.39 is 0 Å². The summed E-state index contributed by atoms with van der Waals surface area (Å²) in [5, 5.41) is 7.06. The first-order valence-electron chi connectivity index (χ1n) is 7.14. The van der Waals surface area contributed by atoms with E-state index in [4.69, 9.17) is 23.2 Å². The second-order valence-electron chi connectivity index (χ2n) is 5.21. The lowest BCUT2D eigenvalue weighted by atomic mass is 10.1. The zero-order chi connectivity index (χ0) is 14.4. The molecule has 3 nitrogen and oxygen atoms in total. The van der Waals surface area contributed by atoms with Gasteiger partial charge in [-0.25, -0.2) is 0 Å². The lowest BCUT2D eigenvalue weighted by molar-refractivity contribution is -0.120. The van der Waals surface area contributed by atoms with Crippen molar-refractivity contribution in [2.75, 3.05) is 11.9 Å². The summed E-state index contributed by atoms with van der Waals surface area (Å²) in [5.74, 6) is 0.00735. The Morgan fingerprint density at radius 3 is 2.55 bits per heavy atom. The molecule has 2 N–H and O–H groups in total. The lowest BCUT2D eigenvalue weighted by Crippen LogP contribution is -2.38. The van der Waals surface area contributed by atoms with Crippen molar-refractivity contribution in [3.05, 3.63) is 28.2 Å². The summed E-state index contributed by atoms with van der Waals surface area (Å²) in [6, 6.07) is 5.66. The van der Waals surface area contributed by atoms with Crippen molar-refractivity contribution in [3.8, 4) is 0 Å². The topological polar surface area (TPSA) is 41.1 Å². The molecule has 2 rings (SSSR count). The van der Waals surface area contributed by atoms with Gasteiger partial charge in [-0.1, -0.05) is 55.0 Å². The molecular weight excluding hydrogens is 295 g/mol. The van der Waals surface area contributed by atoms with E-state index in [2.05, 4.69) is 10.6 Å². The Morgan fingerprint density at radius 1 is 1.15 bits per heavy atom. The number of benzene rings is 1. The molecule has 1 aliphatic rings. The first-order valence-corrected chi connectivity index (χ1v) is 7.89. The second-order valence-corrected chi connectivity index (χ2v) is 6.00. The highest BCUT2D eigenvalue weighted by Crippen LogP contribution is 2.29. The smallest absolute Gasteiger partial charge is 0.239 e. The average molecular weight is 315 g/mol. The zero-order valence-corrected chi connectivity index (χ0v) is 12.9. The minimum atomic E-state index is 0.00735. The van der Waals surface area contributed by atoms with E-state index in [-0.39, 0.29) is 12.5 Å². The molecule has 0 spiro atoms. The van der Waals surface area contributed by atoms with Crippen molar-refractivity contribution in [2.24, 2.45) is 0 Å². The van der Waals surface area contributed by atoms with E-state index in [9.17, 15) is 4.79 Å². The van der Waals surface area contributed by atoms with Gasteiger partial charge >= 0.3 is 0 Å². The number of carbonyl (C=O) groups excluding carboxylic acids is 1. The molecule has 1 aromatic rings. The van der Waals surface area contributed by atoms with Gasteiger partial charge in [0.05, 0.1) is 22.3 Å². The molecule has 0 bridgehead atoms. The highest BCUT2D eigenvalue weighted by atomic mass is 35.5. The normalized spacial score (nSPS) is 16.5. The summed E-state index contributed by atoms with van der Waals surface area (Å²) >= 11 is 12.0. The molecule has 0 aliphatic heterocycles. The minimum Gasteiger partial charge on any atom is -0.375 e. The Labute approximate surface area is 130 Å².